The molecular formula is C21H21N3O2S. The van der Waals surface area contributed by atoms with Gasteiger partial charge in [-0.2, -0.15) is 0 Å². The van der Waals surface area contributed by atoms with Crippen LogP contribution in [0.2, 0.25) is 0 Å². The number of aryl methyl sites for hydroxylation is 1. The molecule has 6 heteroatoms. The van der Waals surface area contributed by atoms with Crippen molar-refractivity contribution in [1.29, 1.82) is 0 Å². The first kappa shape index (κ1) is 16.6. The van der Waals surface area contributed by atoms with Crippen LogP contribution in [0.25, 0.3) is 10.9 Å². The van der Waals surface area contributed by atoms with Crippen molar-refractivity contribution >= 4 is 32.4 Å². The van der Waals surface area contributed by atoms with Crippen LogP contribution in [0.1, 0.15) is 36.4 Å². The highest BCUT2D eigenvalue weighted by atomic mass is 32.2. The molecule has 1 saturated carbocycles. The van der Waals surface area contributed by atoms with Crippen LogP contribution >= 0.6 is 0 Å². The van der Waals surface area contributed by atoms with Gasteiger partial charge in [-0.25, -0.2) is 13.4 Å². The number of sulfonamides is 1. The molecule has 1 fully saturated rings. The van der Waals surface area contributed by atoms with Gasteiger partial charge in [0.2, 0.25) is 10.0 Å². The van der Waals surface area contributed by atoms with Gasteiger partial charge in [-0.1, -0.05) is 30.3 Å². The quantitative estimate of drug-likeness (QED) is 0.696. The van der Waals surface area contributed by atoms with Gasteiger partial charge in [0.05, 0.1) is 22.5 Å². The van der Waals surface area contributed by atoms with Crippen molar-refractivity contribution in [1.82, 2.24) is 4.98 Å². The predicted octanol–water partition coefficient (Wildman–Crippen LogP) is 4.24. The molecule has 3 aromatic rings. The molecule has 0 amide bonds. The Morgan fingerprint density at radius 3 is 2.63 bits per heavy atom. The van der Waals surface area contributed by atoms with Crippen LogP contribution in [-0.2, 0) is 16.4 Å². The Balaban J connectivity index is 1.43. The molecule has 5 nitrogen and oxygen atoms in total. The summed E-state index contributed by atoms with van der Waals surface area (Å²) in [7, 11) is -3.29. The maximum atomic E-state index is 12.3. The Labute approximate surface area is 158 Å². The van der Waals surface area contributed by atoms with Gasteiger partial charge < -0.3 is 5.32 Å². The molecule has 2 aromatic carbocycles. The van der Waals surface area contributed by atoms with E-state index < -0.39 is 10.0 Å². The summed E-state index contributed by atoms with van der Waals surface area (Å²) in [5.74, 6) is 0.811. The fourth-order valence-corrected chi connectivity index (χ4v) is 5.23. The van der Waals surface area contributed by atoms with E-state index in [1.54, 1.807) is 6.07 Å². The van der Waals surface area contributed by atoms with Crippen LogP contribution in [-0.4, -0.2) is 18.7 Å². The second kappa shape index (κ2) is 6.23. The van der Waals surface area contributed by atoms with E-state index in [4.69, 9.17) is 4.98 Å². The SMILES string of the molecule is O=S(=O)(Nc1cccc2nc(N[C@@H]3CCc4ccccc43)ccc12)C1CC1. The summed E-state index contributed by atoms with van der Waals surface area (Å²) in [5, 5.41) is 4.11. The predicted molar refractivity (Wildman–Crippen MR) is 108 cm³/mol. The van der Waals surface area contributed by atoms with Gasteiger partial charge >= 0.3 is 0 Å². The van der Waals surface area contributed by atoms with E-state index in [9.17, 15) is 8.42 Å². The average Bonchev–Trinajstić information content (AvgIpc) is 3.46. The van der Waals surface area contributed by atoms with Gasteiger partial charge in [0.15, 0.2) is 0 Å². The van der Waals surface area contributed by atoms with Crippen LogP contribution in [0.3, 0.4) is 0 Å². The monoisotopic (exact) mass is 379 g/mol. The van der Waals surface area contributed by atoms with Crippen molar-refractivity contribution in [2.75, 3.05) is 10.0 Å². The fraction of sp³-hybridized carbons (Fsp3) is 0.286. The number of pyridine rings is 1. The van der Waals surface area contributed by atoms with Crippen molar-refractivity contribution in [3.8, 4) is 0 Å². The molecule has 0 unspecified atom stereocenters. The minimum atomic E-state index is -3.29. The highest BCUT2D eigenvalue weighted by Gasteiger charge is 2.36. The van der Waals surface area contributed by atoms with Crippen LogP contribution < -0.4 is 10.0 Å². The third-order valence-electron chi connectivity index (χ3n) is 5.40. The Morgan fingerprint density at radius 2 is 1.78 bits per heavy atom. The molecule has 1 atom stereocenters. The van der Waals surface area contributed by atoms with E-state index >= 15 is 0 Å². The molecule has 0 aliphatic heterocycles. The molecule has 0 bridgehead atoms. The van der Waals surface area contributed by atoms with Crippen molar-refractivity contribution in [2.24, 2.45) is 0 Å². The Kier molecular flexibility index (Phi) is 3.82. The minimum absolute atomic E-state index is 0.246. The summed E-state index contributed by atoms with van der Waals surface area (Å²) in [6.45, 7) is 0. The van der Waals surface area contributed by atoms with Gasteiger partial charge in [0, 0.05) is 5.39 Å². The van der Waals surface area contributed by atoms with Crippen LogP contribution in [0.5, 0.6) is 0 Å². The fourth-order valence-electron chi connectivity index (χ4n) is 3.82. The normalized spacial score (nSPS) is 19.0. The van der Waals surface area contributed by atoms with Crippen LogP contribution in [0.15, 0.2) is 54.6 Å². The molecule has 5 rings (SSSR count). The highest BCUT2D eigenvalue weighted by molar-refractivity contribution is 7.93. The van der Waals surface area contributed by atoms with Gasteiger partial charge in [-0.3, -0.25) is 4.72 Å². The Bertz CT molecular complexity index is 1120. The van der Waals surface area contributed by atoms with Crippen molar-refractivity contribution < 1.29 is 8.42 Å². The van der Waals surface area contributed by atoms with Gasteiger partial charge in [-0.05, 0) is 61.1 Å². The Hall–Kier alpha value is -2.60. The molecule has 138 valence electrons. The maximum Gasteiger partial charge on any atom is 0.235 e. The second-order valence-electron chi connectivity index (χ2n) is 7.35. The summed E-state index contributed by atoms with van der Waals surface area (Å²) < 4.78 is 27.3. The number of nitrogens with one attached hydrogen (secondary N) is 2. The number of hydrogen-bond donors (Lipinski definition) is 2. The summed E-state index contributed by atoms with van der Waals surface area (Å²) in [6.07, 6.45) is 3.62. The third-order valence-corrected chi connectivity index (χ3v) is 7.26. The minimum Gasteiger partial charge on any atom is -0.363 e. The first-order valence-corrected chi connectivity index (χ1v) is 10.9. The lowest BCUT2D eigenvalue weighted by molar-refractivity contribution is 0.600. The lowest BCUT2D eigenvalue weighted by Crippen LogP contribution is -2.17. The highest BCUT2D eigenvalue weighted by Crippen LogP contribution is 2.35. The topological polar surface area (TPSA) is 71.1 Å². The second-order valence-corrected chi connectivity index (χ2v) is 9.31. The first-order valence-electron chi connectivity index (χ1n) is 9.36. The molecule has 1 aromatic heterocycles. The molecule has 2 N–H and O–H groups in total. The summed E-state index contributed by atoms with van der Waals surface area (Å²) >= 11 is 0. The van der Waals surface area contributed by atoms with E-state index in [1.165, 1.54) is 11.1 Å². The number of aromatic nitrogens is 1. The van der Waals surface area contributed by atoms with Crippen molar-refractivity contribution in [2.45, 2.75) is 37.0 Å². The molecule has 2 aliphatic rings. The molecule has 0 spiro atoms. The number of nitrogens with zero attached hydrogens (tertiary/aromatic N) is 1. The van der Waals surface area contributed by atoms with E-state index in [0.717, 1.165) is 42.4 Å². The van der Waals surface area contributed by atoms with E-state index in [0.29, 0.717) is 5.69 Å². The third kappa shape index (κ3) is 3.14. The smallest absolute Gasteiger partial charge is 0.235 e. The lowest BCUT2D eigenvalue weighted by atomic mass is 10.1. The van der Waals surface area contributed by atoms with Crippen LogP contribution in [0.4, 0.5) is 11.5 Å². The zero-order valence-corrected chi connectivity index (χ0v) is 15.7. The average molecular weight is 379 g/mol. The molecule has 1 heterocycles. The van der Waals surface area contributed by atoms with Gasteiger partial charge in [0.1, 0.15) is 5.82 Å². The molecule has 0 saturated heterocycles. The Morgan fingerprint density at radius 1 is 0.926 bits per heavy atom. The number of rotatable bonds is 5. The molecule has 0 radical (unpaired) electrons. The van der Waals surface area contributed by atoms with E-state index in [1.807, 2.05) is 24.3 Å². The van der Waals surface area contributed by atoms with E-state index in [2.05, 4.69) is 34.3 Å². The van der Waals surface area contributed by atoms with Crippen molar-refractivity contribution in [3.63, 3.8) is 0 Å². The number of anilines is 2. The maximum absolute atomic E-state index is 12.3. The summed E-state index contributed by atoms with van der Waals surface area (Å²) in [5.41, 5.74) is 4.12. The number of hydrogen-bond acceptors (Lipinski definition) is 4. The van der Waals surface area contributed by atoms with E-state index in [-0.39, 0.29) is 11.3 Å². The summed E-state index contributed by atoms with van der Waals surface area (Å²) in [6, 6.07) is 18.2. The van der Waals surface area contributed by atoms with Crippen molar-refractivity contribution in [3.05, 3.63) is 65.7 Å². The van der Waals surface area contributed by atoms with Gasteiger partial charge in [-0.15, -0.1) is 0 Å². The molecule has 2 aliphatic carbocycles. The number of fused-ring (bicyclic) bond motifs is 2. The van der Waals surface area contributed by atoms with Gasteiger partial charge in [0.25, 0.3) is 0 Å². The van der Waals surface area contributed by atoms with Crippen LogP contribution in [0, 0.1) is 0 Å². The lowest BCUT2D eigenvalue weighted by Gasteiger charge is -2.16. The molecular weight excluding hydrogens is 358 g/mol. The molecule has 27 heavy (non-hydrogen) atoms. The number of benzene rings is 2. The zero-order valence-electron chi connectivity index (χ0n) is 14.9. The summed E-state index contributed by atoms with van der Waals surface area (Å²) in [4.78, 5) is 4.72. The standard InChI is InChI=1S/C21H21N3O2S/c25-27(26,15-9-10-15)24-20-7-3-6-18-17(20)11-13-21(22-18)23-19-12-8-14-4-1-2-5-16(14)19/h1-7,11,13,15,19,24H,8-10,12H2,(H,22,23)/t19-/m1/s1. The largest absolute Gasteiger partial charge is 0.363 e. The zero-order chi connectivity index (χ0) is 18.4. The first-order chi connectivity index (χ1) is 13.1.